The molecule has 8 heterocycles. The summed E-state index contributed by atoms with van der Waals surface area (Å²) in [6.07, 6.45) is 9.52. The van der Waals surface area contributed by atoms with Crippen molar-refractivity contribution in [3.05, 3.63) is 145 Å². The van der Waals surface area contributed by atoms with Crippen LogP contribution in [0.2, 0.25) is 15.2 Å². The Morgan fingerprint density at radius 1 is 0.577 bits per heavy atom. The Labute approximate surface area is 472 Å². The van der Waals surface area contributed by atoms with E-state index in [0.717, 1.165) is 49.7 Å². The molecule has 2 aromatic carbocycles. The lowest BCUT2D eigenvalue weighted by Crippen LogP contribution is -2.40. The third-order valence-electron chi connectivity index (χ3n) is 13.6. The molecule has 0 aliphatic carbocycles. The van der Waals surface area contributed by atoms with E-state index >= 15 is 0 Å². The fourth-order valence-electron chi connectivity index (χ4n) is 9.67. The first-order chi connectivity index (χ1) is 37.7. The molecule has 0 N–H and O–H groups in total. The number of fused-ring (bicyclic) bond motifs is 2. The minimum atomic E-state index is -0.416. The first-order valence-electron chi connectivity index (χ1n) is 26.2. The van der Waals surface area contributed by atoms with Gasteiger partial charge in [-0.3, -0.25) is 27.9 Å². The topological polar surface area (TPSA) is 212 Å². The van der Waals surface area contributed by atoms with Crippen LogP contribution in [0.15, 0.2) is 84.7 Å². The van der Waals surface area contributed by atoms with Gasteiger partial charge in [0, 0.05) is 62.5 Å². The zero-order valence-electron chi connectivity index (χ0n) is 43.8. The summed E-state index contributed by atoms with van der Waals surface area (Å²) in [6.45, 7) is 11.3. The third-order valence-corrected chi connectivity index (χ3v) is 14.6. The fourth-order valence-corrected chi connectivity index (χ4v) is 10.5. The average Bonchev–Trinajstić information content (AvgIpc) is 4.20. The molecule has 0 amide bonds. The lowest BCUT2D eigenvalue weighted by molar-refractivity contribution is -0.163. The van der Waals surface area contributed by atoms with Gasteiger partial charge in [0.15, 0.2) is 46.6 Å². The Kier molecular flexibility index (Phi) is 18.9. The van der Waals surface area contributed by atoms with Gasteiger partial charge in [-0.25, -0.2) is 39.5 Å². The summed E-state index contributed by atoms with van der Waals surface area (Å²) in [5.41, 5.74) is 3.69. The van der Waals surface area contributed by atoms with E-state index in [4.69, 9.17) is 63.7 Å². The van der Waals surface area contributed by atoms with Crippen molar-refractivity contribution in [2.45, 2.75) is 131 Å². The van der Waals surface area contributed by atoms with E-state index in [1.165, 1.54) is 24.5 Å². The molecule has 2 aliphatic rings. The van der Waals surface area contributed by atoms with Crippen LogP contribution in [0.3, 0.4) is 0 Å². The van der Waals surface area contributed by atoms with Gasteiger partial charge in [-0.05, 0) is 130 Å². The standard InChI is InChI=1S/C27H30BrClN6O4.C27H30Cl2N6O4/c1-3-33-25-23(26(36)34(27(33)37)12-6-14-39-21-7-4-5-13-38-21)35(16-18-8-10-19(29)11-9-18)24(32-25)22-17(2)31-20(28)15-30-22;1-3-33-25-23(26(36)34(27(33)37)12-6-14-39-21-7-4-5-13-38-21)35(16-18-8-10-19(28)11-9-18)24(32-25)22-17(2)31-20(29)15-30-22/h2*8-11,15,21H,3-7,12-14,16H2,1-2H3. The molecule has 20 nitrogen and oxygen atoms in total. The summed E-state index contributed by atoms with van der Waals surface area (Å²) in [5, 5.41) is 1.48. The Bertz CT molecular complexity index is 3420. The quantitative estimate of drug-likeness (QED) is 0.0734. The Morgan fingerprint density at radius 3 is 1.41 bits per heavy atom. The monoisotopic (exact) mass is 1190 g/mol. The van der Waals surface area contributed by atoms with Crippen molar-refractivity contribution in [3.8, 4) is 23.0 Å². The highest BCUT2D eigenvalue weighted by atomic mass is 79.9. The van der Waals surface area contributed by atoms with E-state index in [-0.39, 0.29) is 30.8 Å². The van der Waals surface area contributed by atoms with Crippen LogP contribution in [-0.4, -0.2) is 96.3 Å². The van der Waals surface area contributed by atoms with Gasteiger partial charge in [-0.2, -0.15) is 0 Å². The summed E-state index contributed by atoms with van der Waals surface area (Å²) in [6, 6.07) is 14.8. The van der Waals surface area contributed by atoms with Gasteiger partial charge >= 0.3 is 11.4 Å². The molecule has 0 radical (unpaired) electrons. The van der Waals surface area contributed by atoms with E-state index in [2.05, 4.69) is 35.9 Å². The molecule has 78 heavy (non-hydrogen) atoms. The van der Waals surface area contributed by atoms with Gasteiger partial charge in [0.1, 0.15) is 21.1 Å². The van der Waals surface area contributed by atoms with E-state index in [1.807, 2.05) is 49.6 Å². The first-order valence-corrected chi connectivity index (χ1v) is 28.1. The maximum atomic E-state index is 13.9. The van der Waals surface area contributed by atoms with Crippen molar-refractivity contribution in [2.75, 3.05) is 26.4 Å². The number of hydrogen-bond acceptors (Lipinski definition) is 14. The van der Waals surface area contributed by atoms with E-state index in [1.54, 1.807) is 42.0 Å². The van der Waals surface area contributed by atoms with Crippen LogP contribution < -0.4 is 22.5 Å². The largest absolute Gasteiger partial charge is 0.353 e. The second-order valence-corrected chi connectivity index (χ2v) is 21.0. The van der Waals surface area contributed by atoms with Gasteiger partial charge in [0.2, 0.25) is 0 Å². The fraction of sp³-hybridized carbons (Fsp3) is 0.444. The molecule has 0 bridgehead atoms. The molecule has 24 heteroatoms. The number of halogens is 4. The minimum absolute atomic E-state index is 0.210. The second-order valence-electron chi connectivity index (χ2n) is 18.9. The molecule has 0 spiro atoms. The van der Waals surface area contributed by atoms with Crippen LogP contribution in [0.25, 0.3) is 45.4 Å². The molecular weight excluding hydrogens is 1130 g/mol. The Morgan fingerprint density at radius 2 is 1.01 bits per heavy atom. The van der Waals surface area contributed by atoms with Gasteiger partial charge in [0.05, 0.1) is 37.0 Å². The molecule has 10 rings (SSSR count). The Hall–Kier alpha value is -5.91. The van der Waals surface area contributed by atoms with Crippen LogP contribution in [0.4, 0.5) is 0 Å². The van der Waals surface area contributed by atoms with Gasteiger partial charge in [-0.15, -0.1) is 0 Å². The van der Waals surface area contributed by atoms with Crippen LogP contribution in [0, 0.1) is 13.8 Å². The highest BCUT2D eigenvalue weighted by molar-refractivity contribution is 9.10. The van der Waals surface area contributed by atoms with Crippen molar-refractivity contribution >= 4 is 73.1 Å². The lowest BCUT2D eigenvalue weighted by Gasteiger charge is -2.22. The number of imidazole rings is 2. The predicted molar refractivity (Wildman–Crippen MR) is 302 cm³/mol. The smallest absolute Gasteiger partial charge is 0.332 e. The molecule has 2 atom stereocenters. The van der Waals surface area contributed by atoms with E-state index in [9.17, 15) is 19.2 Å². The number of ether oxygens (including phenoxy) is 4. The number of benzene rings is 2. The number of nitrogens with zero attached hydrogens (tertiary/aromatic N) is 12. The first kappa shape index (κ1) is 56.8. The van der Waals surface area contributed by atoms with Gasteiger partial charge < -0.3 is 28.1 Å². The average molecular weight is 1190 g/mol. The highest BCUT2D eigenvalue weighted by Gasteiger charge is 2.27. The van der Waals surface area contributed by atoms with Crippen molar-refractivity contribution in [3.63, 3.8) is 0 Å². The molecule has 6 aromatic heterocycles. The number of aromatic nitrogens is 12. The molecule has 8 aromatic rings. The summed E-state index contributed by atoms with van der Waals surface area (Å²) in [7, 11) is 0. The van der Waals surface area contributed by atoms with Crippen molar-refractivity contribution in [2.24, 2.45) is 0 Å². The normalized spacial score (nSPS) is 15.7. The molecule has 0 saturated carbocycles. The minimum Gasteiger partial charge on any atom is -0.353 e. The maximum Gasteiger partial charge on any atom is 0.332 e. The van der Waals surface area contributed by atoms with Gasteiger partial charge in [-0.1, -0.05) is 59.1 Å². The zero-order chi connectivity index (χ0) is 55.0. The van der Waals surface area contributed by atoms with Crippen molar-refractivity contribution < 1.29 is 18.9 Å². The molecular formula is C54H60BrCl3N12O8. The summed E-state index contributed by atoms with van der Waals surface area (Å²) in [5.74, 6) is 0.891. The van der Waals surface area contributed by atoms with Crippen LogP contribution in [0.5, 0.6) is 0 Å². The molecule has 2 aliphatic heterocycles. The Balaban J connectivity index is 0.000000190. The summed E-state index contributed by atoms with van der Waals surface area (Å²) >= 11 is 21.6. The summed E-state index contributed by atoms with van der Waals surface area (Å²) in [4.78, 5) is 82.1. The molecule has 2 saturated heterocycles. The molecule has 412 valence electrons. The van der Waals surface area contributed by atoms with E-state index < -0.39 is 22.5 Å². The van der Waals surface area contributed by atoms with Crippen LogP contribution in [-0.2, 0) is 58.2 Å². The van der Waals surface area contributed by atoms with Crippen LogP contribution in [0.1, 0.15) is 87.7 Å². The number of rotatable bonds is 18. The summed E-state index contributed by atoms with van der Waals surface area (Å²) < 4.78 is 32.7. The zero-order valence-corrected chi connectivity index (χ0v) is 47.7. The highest BCUT2D eigenvalue weighted by Crippen LogP contribution is 2.28. The third kappa shape index (κ3) is 12.7. The number of aryl methyl sites for hydroxylation is 4. The van der Waals surface area contributed by atoms with Crippen LogP contribution >= 0.6 is 50.7 Å². The second kappa shape index (κ2) is 25.9. The lowest BCUT2D eigenvalue weighted by atomic mass is 10.2. The molecule has 2 fully saturated rings. The predicted octanol–water partition coefficient (Wildman–Crippen LogP) is 8.98. The van der Waals surface area contributed by atoms with Crippen molar-refractivity contribution in [1.29, 1.82) is 0 Å². The number of hydrogen-bond donors (Lipinski definition) is 0. The van der Waals surface area contributed by atoms with E-state index in [0.29, 0.717) is 137 Å². The SMILES string of the molecule is CCn1c(=O)n(CCCOC2CCCCO2)c(=O)c2c1nc(-c1ncc(Br)nc1C)n2Cc1ccc(Cl)cc1.CCn1c(=O)n(CCCOC2CCCCO2)c(=O)c2c1nc(-c1ncc(Cl)nc1C)n2Cc1ccc(Cl)cc1. The molecule has 2 unspecified atom stereocenters. The maximum absolute atomic E-state index is 13.9. The van der Waals surface area contributed by atoms with Gasteiger partial charge in [0.25, 0.3) is 11.1 Å². The van der Waals surface area contributed by atoms with Crippen molar-refractivity contribution in [1.82, 2.24) is 57.3 Å².